The number of carbonyl (C=O) groups is 2. The summed E-state index contributed by atoms with van der Waals surface area (Å²) in [6.07, 6.45) is 3.25. The summed E-state index contributed by atoms with van der Waals surface area (Å²) in [5, 5.41) is 5.57. The molecule has 3 N–H and O–H groups in total. The number of thiazole rings is 1. The van der Waals surface area contributed by atoms with E-state index in [1.807, 2.05) is 29.6 Å². The van der Waals surface area contributed by atoms with Crippen LogP contribution in [0.15, 0.2) is 48.1 Å². The molecule has 6 nitrogen and oxygen atoms in total. The number of anilines is 1. The van der Waals surface area contributed by atoms with Crippen LogP contribution in [0.25, 0.3) is 10.6 Å². The zero-order chi connectivity index (χ0) is 16.4. The van der Waals surface area contributed by atoms with Crippen molar-refractivity contribution in [2.45, 2.75) is 0 Å². The molecule has 2 heterocycles. The van der Waals surface area contributed by atoms with Gasteiger partial charge in [-0.15, -0.1) is 11.3 Å². The summed E-state index contributed by atoms with van der Waals surface area (Å²) in [5.41, 5.74) is 7.41. The number of nitrogens with two attached hydrogens (primary N) is 1. The van der Waals surface area contributed by atoms with Gasteiger partial charge in [-0.1, -0.05) is 12.1 Å². The van der Waals surface area contributed by atoms with Crippen molar-refractivity contribution in [1.29, 1.82) is 0 Å². The van der Waals surface area contributed by atoms with Gasteiger partial charge in [0.1, 0.15) is 10.7 Å². The van der Waals surface area contributed by atoms with Crippen LogP contribution in [-0.2, 0) is 7.05 Å². The SMILES string of the molecule is Cn1cc(C(N)=O)cc1C(=O)Nc1ccccc1-c1nccs1. The van der Waals surface area contributed by atoms with Gasteiger partial charge in [0.05, 0.1) is 11.3 Å². The summed E-state index contributed by atoms with van der Waals surface area (Å²) in [5.74, 6) is -0.883. The normalized spacial score (nSPS) is 10.5. The van der Waals surface area contributed by atoms with Gasteiger partial charge in [-0.25, -0.2) is 4.98 Å². The van der Waals surface area contributed by atoms with Crippen molar-refractivity contribution >= 4 is 28.8 Å². The fourth-order valence-corrected chi connectivity index (χ4v) is 2.92. The molecule has 0 radical (unpaired) electrons. The van der Waals surface area contributed by atoms with E-state index < -0.39 is 5.91 Å². The van der Waals surface area contributed by atoms with E-state index in [9.17, 15) is 9.59 Å². The number of hydrogen-bond donors (Lipinski definition) is 2. The van der Waals surface area contributed by atoms with Crippen LogP contribution in [0.1, 0.15) is 20.8 Å². The Balaban J connectivity index is 1.91. The van der Waals surface area contributed by atoms with E-state index in [4.69, 9.17) is 5.73 Å². The largest absolute Gasteiger partial charge is 0.366 e. The molecular weight excluding hydrogens is 312 g/mol. The van der Waals surface area contributed by atoms with E-state index in [1.54, 1.807) is 17.8 Å². The van der Waals surface area contributed by atoms with Crippen LogP contribution in [0.3, 0.4) is 0 Å². The second-order valence-electron chi connectivity index (χ2n) is 4.93. The van der Waals surface area contributed by atoms with Gasteiger partial charge in [-0.2, -0.15) is 0 Å². The van der Waals surface area contributed by atoms with Gasteiger partial charge >= 0.3 is 0 Å². The van der Waals surface area contributed by atoms with Crippen LogP contribution in [-0.4, -0.2) is 21.4 Å². The Morgan fingerprint density at radius 3 is 2.74 bits per heavy atom. The molecule has 1 aromatic carbocycles. The first-order valence-electron chi connectivity index (χ1n) is 6.82. The minimum absolute atomic E-state index is 0.297. The molecule has 0 aliphatic rings. The summed E-state index contributed by atoms with van der Waals surface area (Å²) < 4.78 is 1.57. The van der Waals surface area contributed by atoms with Crippen molar-refractivity contribution < 1.29 is 9.59 Å². The van der Waals surface area contributed by atoms with E-state index in [2.05, 4.69) is 10.3 Å². The average Bonchev–Trinajstić information content (AvgIpc) is 3.17. The topological polar surface area (TPSA) is 90.0 Å². The third kappa shape index (κ3) is 3.00. The monoisotopic (exact) mass is 326 g/mol. The van der Waals surface area contributed by atoms with Crippen LogP contribution in [0.5, 0.6) is 0 Å². The van der Waals surface area contributed by atoms with E-state index in [1.165, 1.54) is 23.6 Å². The standard InChI is InChI=1S/C16H14N4O2S/c1-20-9-10(14(17)21)8-13(20)15(22)19-12-5-3-2-4-11(12)16-18-6-7-23-16/h2-9H,1H3,(H2,17,21)(H,19,22). The third-order valence-corrected chi connectivity index (χ3v) is 4.17. The fraction of sp³-hybridized carbons (Fsp3) is 0.0625. The highest BCUT2D eigenvalue weighted by Crippen LogP contribution is 2.29. The summed E-state index contributed by atoms with van der Waals surface area (Å²) in [7, 11) is 1.69. The molecule has 2 aromatic heterocycles. The Morgan fingerprint density at radius 1 is 1.30 bits per heavy atom. The van der Waals surface area contributed by atoms with Crippen LogP contribution >= 0.6 is 11.3 Å². The number of aromatic nitrogens is 2. The molecule has 0 saturated carbocycles. The number of hydrogen-bond acceptors (Lipinski definition) is 4. The molecule has 7 heteroatoms. The minimum atomic E-state index is -0.567. The molecule has 2 amide bonds. The van der Waals surface area contributed by atoms with E-state index >= 15 is 0 Å². The smallest absolute Gasteiger partial charge is 0.272 e. The van der Waals surface area contributed by atoms with Crippen LogP contribution in [0, 0.1) is 0 Å². The molecule has 0 bridgehead atoms. The number of nitrogens with one attached hydrogen (secondary N) is 1. The minimum Gasteiger partial charge on any atom is -0.366 e. The van der Waals surface area contributed by atoms with Crippen molar-refractivity contribution in [3.05, 3.63) is 59.4 Å². The second-order valence-corrected chi connectivity index (χ2v) is 5.82. The predicted octanol–water partition coefficient (Wildman–Crippen LogP) is 2.50. The molecule has 0 unspecified atom stereocenters. The summed E-state index contributed by atoms with van der Waals surface area (Å²) in [4.78, 5) is 28.0. The number of amides is 2. The number of para-hydroxylation sites is 1. The highest BCUT2D eigenvalue weighted by Gasteiger charge is 2.16. The highest BCUT2D eigenvalue weighted by atomic mass is 32.1. The molecular formula is C16H14N4O2S. The zero-order valence-corrected chi connectivity index (χ0v) is 13.1. The summed E-state index contributed by atoms with van der Waals surface area (Å²) in [6.45, 7) is 0. The first-order valence-corrected chi connectivity index (χ1v) is 7.70. The van der Waals surface area contributed by atoms with Crippen LogP contribution in [0.4, 0.5) is 5.69 Å². The molecule has 0 saturated heterocycles. The quantitative estimate of drug-likeness (QED) is 0.772. The Kier molecular flexibility index (Phi) is 3.94. The van der Waals surface area contributed by atoms with Crippen molar-refractivity contribution in [3.8, 4) is 10.6 Å². The maximum absolute atomic E-state index is 12.5. The predicted molar refractivity (Wildman–Crippen MR) is 89.4 cm³/mol. The van der Waals surface area contributed by atoms with E-state index in [0.717, 1.165) is 10.6 Å². The van der Waals surface area contributed by atoms with Gasteiger partial charge in [0.15, 0.2) is 0 Å². The van der Waals surface area contributed by atoms with Gasteiger partial charge in [0, 0.05) is 30.4 Å². The van der Waals surface area contributed by atoms with Gasteiger partial charge in [-0.05, 0) is 18.2 Å². The van der Waals surface area contributed by atoms with Crippen LogP contribution < -0.4 is 11.1 Å². The van der Waals surface area contributed by atoms with Gasteiger partial charge in [0.25, 0.3) is 5.91 Å². The third-order valence-electron chi connectivity index (χ3n) is 3.36. The molecule has 0 aliphatic carbocycles. The molecule has 0 atom stereocenters. The number of primary amides is 1. The number of carbonyl (C=O) groups excluding carboxylic acids is 2. The molecule has 23 heavy (non-hydrogen) atoms. The lowest BCUT2D eigenvalue weighted by molar-refractivity contribution is 0.0998. The number of rotatable bonds is 4. The number of nitrogens with zero attached hydrogens (tertiary/aromatic N) is 2. The highest BCUT2D eigenvalue weighted by molar-refractivity contribution is 7.13. The van der Waals surface area contributed by atoms with Crippen molar-refractivity contribution in [3.63, 3.8) is 0 Å². The second kappa shape index (κ2) is 6.05. The molecule has 3 aromatic rings. The van der Waals surface area contributed by atoms with Crippen molar-refractivity contribution in [1.82, 2.24) is 9.55 Å². The maximum atomic E-state index is 12.5. The molecule has 116 valence electrons. The number of benzene rings is 1. The Morgan fingerprint density at radius 2 is 2.09 bits per heavy atom. The Hall–Kier alpha value is -2.93. The first-order chi connectivity index (χ1) is 11.1. The van der Waals surface area contributed by atoms with Gasteiger partial charge in [0.2, 0.25) is 5.91 Å². The van der Waals surface area contributed by atoms with Crippen LogP contribution in [0.2, 0.25) is 0 Å². The van der Waals surface area contributed by atoms with Crippen molar-refractivity contribution in [2.24, 2.45) is 12.8 Å². The Bertz CT molecular complexity index is 868. The lowest BCUT2D eigenvalue weighted by atomic mass is 10.2. The molecule has 0 spiro atoms. The molecule has 3 rings (SSSR count). The lowest BCUT2D eigenvalue weighted by Crippen LogP contribution is -2.15. The molecule has 0 fully saturated rings. The van der Waals surface area contributed by atoms with Crippen molar-refractivity contribution in [2.75, 3.05) is 5.32 Å². The maximum Gasteiger partial charge on any atom is 0.272 e. The van der Waals surface area contributed by atoms with E-state index in [0.29, 0.717) is 16.9 Å². The average molecular weight is 326 g/mol. The fourth-order valence-electron chi connectivity index (χ4n) is 2.25. The lowest BCUT2D eigenvalue weighted by Gasteiger charge is -2.09. The number of aryl methyl sites for hydroxylation is 1. The summed E-state index contributed by atoms with van der Waals surface area (Å²) >= 11 is 1.50. The van der Waals surface area contributed by atoms with Gasteiger partial charge < -0.3 is 15.6 Å². The zero-order valence-electron chi connectivity index (χ0n) is 12.3. The Labute approximate surface area is 136 Å². The van der Waals surface area contributed by atoms with Gasteiger partial charge in [-0.3, -0.25) is 9.59 Å². The van der Waals surface area contributed by atoms with E-state index in [-0.39, 0.29) is 5.91 Å². The molecule has 0 aliphatic heterocycles. The first kappa shape index (κ1) is 15.0. The summed E-state index contributed by atoms with van der Waals surface area (Å²) in [6, 6.07) is 8.91.